The van der Waals surface area contributed by atoms with Crippen LogP contribution in [-0.4, -0.2) is 16.5 Å². The Hall–Kier alpha value is -3.41. The van der Waals surface area contributed by atoms with Crippen LogP contribution < -0.4 is 10.2 Å². The van der Waals surface area contributed by atoms with Crippen molar-refractivity contribution in [1.82, 2.24) is 4.98 Å². The molecule has 0 spiro atoms. The number of pyridine rings is 1. The van der Waals surface area contributed by atoms with Crippen molar-refractivity contribution in [1.29, 1.82) is 0 Å². The van der Waals surface area contributed by atoms with Crippen LogP contribution in [0.25, 0.3) is 0 Å². The monoisotopic (exact) mass is 404 g/mol. The normalized spacial score (nSPS) is 10.6. The van der Waals surface area contributed by atoms with E-state index in [1.54, 1.807) is 6.07 Å². The van der Waals surface area contributed by atoms with Crippen molar-refractivity contribution >= 4 is 17.2 Å². The summed E-state index contributed by atoms with van der Waals surface area (Å²) in [5.41, 5.74) is 3.46. The Morgan fingerprint density at radius 1 is 1.00 bits per heavy atom. The predicted molar refractivity (Wildman–Crippen MR) is 122 cm³/mol. The first-order chi connectivity index (χ1) is 14.6. The minimum atomic E-state index is -0.320. The zero-order chi connectivity index (χ0) is 21.3. The minimum Gasteiger partial charge on any atom is -0.379 e. The van der Waals surface area contributed by atoms with E-state index >= 15 is 0 Å². The fourth-order valence-corrected chi connectivity index (χ4v) is 3.40. The lowest BCUT2D eigenvalue weighted by Gasteiger charge is -2.25. The lowest BCUT2D eigenvalue weighted by Crippen LogP contribution is -2.25. The number of aryl methyl sites for hydroxylation is 1. The van der Waals surface area contributed by atoms with E-state index in [-0.39, 0.29) is 10.6 Å². The average Bonchev–Trinajstić information content (AvgIpc) is 2.74. The van der Waals surface area contributed by atoms with Gasteiger partial charge in [-0.15, -0.1) is 0 Å². The van der Waals surface area contributed by atoms with Gasteiger partial charge in [-0.1, -0.05) is 74.0 Å². The van der Waals surface area contributed by atoms with Crippen LogP contribution in [0.2, 0.25) is 0 Å². The van der Waals surface area contributed by atoms with Gasteiger partial charge >= 0.3 is 5.69 Å². The standard InChI is InChI=1S/C24H28N4O2/c1-3-4-15-25-22-16-19(2)26-24(23(22)28(29)30)27(17-20-11-7-5-8-12-20)18-21-13-9-6-10-14-21/h5-14,16H,3-4,15,17-18H2,1-2H3,(H,25,26). The van der Waals surface area contributed by atoms with Crippen molar-refractivity contribution in [2.45, 2.75) is 39.8 Å². The molecule has 0 fully saturated rings. The first-order valence-corrected chi connectivity index (χ1v) is 10.3. The summed E-state index contributed by atoms with van der Waals surface area (Å²) in [5, 5.41) is 15.3. The van der Waals surface area contributed by atoms with Crippen LogP contribution in [0.3, 0.4) is 0 Å². The molecule has 3 rings (SSSR count). The van der Waals surface area contributed by atoms with E-state index in [0.717, 1.165) is 29.7 Å². The zero-order valence-electron chi connectivity index (χ0n) is 17.5. The third kappa shape index (κ3) is 5.56. The van der Waals surface area contributed by atoms with Gasteiger partial charge in [0.15, 0.2) is 0 Å². The second-order valence-electron chi connectivity index (χ2n) is 7.35. The van der Waals surface area contributed by atoms with E-state index in [0.29, 0.717) is 31.1 Å². The van der Waals surface area contributed by atoms with Crippen LogP contribution in [0, 0.1) is 17.0 Å². The Labute approximate surface area is 177 Å². The predicted octanol–water partition coefficient (Wildman–Crippen LogP) is 5.72. The molecule has 0 unspecified atom stereocenters. The largest absolute Gasteiger partial charge is 0.379 e. The summed E-state index contributed by atoms with van der Waals surface area (Å²) in [4.78, 5) is 18.4. The van der Waals surface area contributed by atoms with Crippen LogP contribution in [-0.2, 0) is 13.1 Å². The summed E-state index contributed by atoms with van der Waals surface area (Å²) in [6.45, 7) is 5.72. The molecule has 1 N–H and O–H groups in total. The molecule has 0 saturated carbocycles. The maximum absolute atomic E-state index is 12.1. The Balaban J connectivity index is 2.05. The van der Waals surface area contributed by atoms with Gasteiger partial charge in [-0.05, 0) is 30.5 Å². The molecule has 1 heterocycles. The highest BCUT2D eigenvalue weighted by molar-refractivity contribution is 5.74. The molecule has 2 aromatic carbocycles. The molecule has 1 aromatic heterocycles. The number of hydrogen-bond donors (Lipinski definition) is 1. The zero-order valence-corrected chi connectivity index (χ0v) is 17.5. The second kappa shape index (κ2) is 10.4. The fourth-order valence-electron chi connectivity index (χ4n) is 3.40. The van der Waals surface area contributed by atoms with Gasteiger partial charge in [-0.25, -0.2) is 4.98 Å². The Morgan fingerprint density at radius 2 is 1.57 bits per heavy atom. The molecule has 0 amide bonds. The Morgan fingerprint density at radius 3 is 2.07 bits per heavy atom. The van der Waals surface area contributed by atoms with Gasteiger partial charge in [-0.2, -0.15) is 0 Å². The molecular formula is C24H28N4O2. The smallest absolute Gasteiger partial charge is 0.334 e. The molecule has 0 bridgehead atoms. The minimum absolute atomic E-state index is 0.0311. The highest BCUT2D eigenvalue weighted by Crippen LogP contribution is 2.36. The third-order valence-corrected chi connectivity index (χ3v) is 4.86. The summed E-state index contributed by atoms with van der Waals surface area (Å²) in [6, 6.07) is 21.7. The summed E-state index contributed by atoms with van der Waals surface area (Å²) < 4.78 is 0. The van der Waals surface area contributed by atoms with Crippen LogP contribution in [0.1, 0.15) is 36.6 Å². The van der Waals surface area contributed by atoms with Gasteiger partial charge < -0.3 is 10.2 Å². The maximum Gasteiger partial charge on any atom is 0.334 e. The molecule has 30 heavy (non-hydrogen) atoms. The highest BCUT2D eigenvalue weighted by Gasteiger charge is 2.27. The Kier molecular flexibility index (Phi) is 7.38. The summed E-state index contributed by atoms with van der Waals surface area (Å²) in [5.74, 6) is 0.395. The van der Waals surface area contributed by atoms with E-state index in [9.17, 15) is 10.1 Å². The summed E-state index contributed by atoms with van der Waals surface area (Å²) >= 11 is 0. The molecule has 0 atom stereocenters. The number of unbranched alkanes of at least 4 members (excludes halogenated alkanes) is 1. The van der Waals surface area contributed by atoms with Crippen molar-refractivity contribution in [2.75, 3.05) is 16.8 Å². The van der Waals surface area contributed by atoms with Crippen LogP contribution in [0.4, 0.5) is 17.2 Å². The quantitative estimate of drug-likeness (QED) is 0.266. The molecule has 156 valence electrons. The number of nitrogens with one attached hydrogen (secondary N) is 1. The van der Waals surface area contributed by atoms with E-state index < -0.39 is 0 Å². The van der Waals surface area contributed by atoms with E-state index in [1.807, 2.05) is 72.5 Å². The maximum atomic E-state index is 12.1. The number of nitrogens with zero attached hydrogens (tertiary/aromatic N) is 3. The van der Waals surface area contributed by atoms with Crippen molar-refractivity contribution in [3.05, 3.63) is 93.7 Å². The van der Waals surface area contributed by atoms with E-state index in [1.165, 1.54) is 0 Å². The van der Waals surface area contributed by atoms with Gasteiger partial charge in [0.25, 0.3) is 0 Å². The highest BCUT2D eigenvalue weighted by atomic mass is 16.6. The average molecular weight is 405 g/mol. The van der Waals surface area contributed by atoms with Crippen molar-refractivity contribution in [3.63, 3.8) is 0 Å². The number of anilines is 2. The van der Waals surface area contributed by atoms with Crippen LogP contribution in [0.5, 0.6) is 0 Å². The molecule has 0 radical (unpaired) electrons. The Bertz CT molecular complexity index is 920. The molecule has 0 aliphatic rings. The summed E-state index contributed by atoms with van der Waals surface area (Å²) in [6.07, 6.45) is 1.97. The van der Waals surface area contributed by atoms with Crippen LogP contribution >= 0.6 is 0 Å². The topological polar surface area (TPSA) is 71.3 Å². The number of rotatable bonds is 10. The summed E-state index contributed by atoms with van der Waals surface area (Å²) in [7, 11) is 0. The molecule has 3 aromatic rings. The lowest BCUT2D eigenvalue weighted by atomic mass is 10.1. The van der Waals surface area contributed by atoms with Gasteiger partial charge in [0.2, 0.25) is 5.82 Å². The number of aromatic nitrogens is 1. The molecular weight excluding hydrogens is 376 g/mol. The number of benzene rings is 2. The lowest BCUT2D eigenvalue weighted by molar-refractivity contribution is -0.383. The molecule has 0 saturated heterocycles. The SMILES string of the molecule is CCCCNc1cc(C)nc(N(Cc2ccccc2)Cc2ccccc2)c1[N+](=O)[O-]. The van der Waals surface area contributed by atoms with Gasteiger partial charge in [0, 0.05) is 25.3 Å². The molecule has 6 nitrogen and oxygen atoms in total. The third-order valence-electron chi connectivity index (χ3n) is 4.86. The van der Waals surface area contributed by atoms with Crippen molar-refractivity contribution < 1.29 is 4.92 Å². The van der Waals surface area contributed by atoms with Gasteiger partial charge in [0.05, 0.1) is 4.92 Å². The second-order valence-corrected chi connectivity index (χ2v) is 7.35. The van der Waals surface area contributed by atoms with Gasteiger partial charge in [-0.3, -0.25) is 10.1 Å². The van der Waals surface area contributed by atoms with E-state index in [4.69, 9.17) is 0 Å². The van der Waals surface area contributed by atoms with Crippen LogP contribution in [0.15, 0.2) is 66.7 Å². The molecule has 6 heteroatoms. The van der Waals surface area contributed by atoms with E-state index in [2.05, 4.69) is 17.2 Å². The number of hydrogen-bond acceptors (Lipinski definition) is 5. The molecule has 0 aliphatic heterocycles. The molecule has 0 aliphatic carbocycles. The first kappa shape index (κ1) is 21.3. The van der Waals surface area contributed by atoms with Crippen molar-refractivity contribution in [3.8, 4) is 0 Å². The first-order valence-electron chi connectivity index (χ1n) is 10.3. The van der Waals surface area contributed by atoms with Gasteiger partial charge in [0.1, 0.15) is 5.69 Å². The number of nitro groups is 1. The fraction of sp³-hybridized carbons (Fsp3) is 0.292. The van der Waals surface area contributed by atoms with Crippen molar-refractivity contribution in [2.24, 2.45) is 0 Å².